The molecule has 0 fully saturated rings. The van der Waals surface area contributed by atoms with E-state index >= 15 is 0 Å². The molecule has 5 heteroatoms. The van der Waals surface area contributed by atoms with E-state index in [1.165, 1.54) is 7.11 Å². The number of carbonyl (C=O) groups is 1. The lowest BCUT2D eigenvalue weighted by atomic mass is 9.95. The third kappa shape index (κ3) is 4.63. The number of esters is 1. The largest absolute Gasteiger partial charge is 0.490 e. The van der Waals surface area contributed by atoms with Gasteiger partial charge in [0.15, 0.2) is 11.5 Å². The number of para-hydroxylation sites is 2. The summed E-state index contributed by atoms with van der Waals surface area (Å²) in [4.78, 5) is 11.9. The molecule has 0 amide bonds. The highest BCUT2D eigenvalue weighted by molar-refractivity contribution is 5.80. The molecule has 2 unspecified atom stereocenters. The number of rotatable bonds is 8. The zero-order valence-electron chi connectivity index (χ0n) is 13.4. The molecule has 0 spiro atoms. The molecule has 1 rings (SSSR count). The number of methoxy groups -OCH3 is 1. The summed E-state index contributed by atoms with van der Waals surface area (Å²) in [6.07, 6.45) is 0.305. The van der Waals surface area contributed by atoms with Crippen molar-refractivity contribution >= 4 is 5.97 Å². The first-order valence-electron chi connectivity index (χ1n) is 7.12. The van der Waals surface area contributed by atoms with Crippen LogP contribution in [0.1, 0.15) is 27.2 Å². The van der Waals surface area contributed by atoms with Crippen LogP contribution in [0.3, 0.4) is 0 Å². The summed E-state index contributed by atoms with van der Waals surface area (Å²) in [5.41, 5.74) is -0.783. The third-order valence-electron chi connectivity index (χ3n) is 3.36. The van der Waals surface area contributed by atoms with E-state index in [9.17, 15) is 4.79 Å². The Morgan fingerprint density at radius 1 is 1.33 bits per heavy atom. The van der Waals surface area contributed by atoms with E-state index in [1.54, 1.807) is 14.0 Å². The summed E-state index contributed by atoms with van der Waals surface area (Å²) in [5, 5.41) is 3.00. The van der Waals surface area contributed by atoms with Gasteiger partial charge < -0.3 is 19.5 Å². The van der Waals surface area contributed by atoms with E-state index < -0.39 is 5.54 Å². The van der Waals surface area contributed by atoms with E-state index in [1.807, 2.05) is 38.1 Å². The van der Waals surface area contributed by atoms with Crippen LogP contribution in [0, 0.1) is 0 Å². The van der Waals surface area contributed by atoms with Gasteiger partial charge in [-0.05, 0) is 40.0 Å². The van der Waals surface area contributed by atoms with E-state index in [2.05, 4.69) is 5.32 Å². The van der Waals surface area contributed by atoms with Crippen molar-refractivity contribution in [2.75, 3.05) is 20.8 Å². The standard InChI is InChI=1S/C16H25NO4/c1-6-20-13-9-7-8-10-14(13)21-12(2)11-16(3,17-4)15(18)19-5/h7-10,12,17H,6,11H2,1-5H3. The Morgan fingerprint density at radius 2 is 1.95 bits per heavy atom. The van der Waals surface area contributed by atoms with Crippen molar-refractivity contribution in [1.82, 2.24) is 5.32 Å². The highest BCUT2D eigenvalue weighted by Gasteiger charge is 2.35. The fourth-order valence-corrected chi connectivity index (χ4v) is 2.17. The summed E-state index contributed by atoms with van der Waals surface area (Å²) in [5.74, 6) is 1.07. The van der Waals surface area contributed by atoms with Crippen LogP contribution < -0.4 is 14.8 Å². The molecule has 1 aromatic rings. The van der Waals surface area contributed by atoms with Crippen LogP contribution in [0.2, 0.25) is 0 Å². The van der Waals surface area contributed by atoms with Crippen molar-refractivity contribution in [3.8, 4) is 11.5 Å². The van der Waals surface area contributed by atoms with Crippen LogP contribution in [0.15, 0.2) is 24.3 Å². The van der Waals surface area contributed by atoms with Gasteiger partial charge in [-0.3, -0.25) is 4.79 Å². The SMILES string of the molecule is CCOc1ccccc1OC(C)CC(C)(NC)C(=O)OC. The molecule has 21 heavy (non-hydrogen) atoms. The molecule has 0 bridgehead atoms. The minimum atomic E-state index is -0.783. The molecule has 0 aliphatic carbocycles. The highest BCUT2D eigenvalue weighted by atomic mass is 16.5. The van der Waals surface area contributed by atoms with Crippen molar-refractivity contribution in [2.45, 2.75) is 38.8 Å². The molecule has 0 aliphatic rings. The maximum atomic E-state index is 11.9. The van der Waals surface area contributed by atoms with Gasteiger partial charge in [-0.2, -0.15) is 0 Å². The molecule has 0 saturated heterocycles. The Kier molecular flexibility index (Phi) is 6.49. The molecule has 0 heterocycles. The second-order valence-corrected chi connectivity index (χ2v) is 5.09. The van der Waals surface area contributed by atoms with Gasteiger partial charge in [-0.25, -0.2) is 0 Å². The molecule has 0 radical (unpaired) electrons. The van der Waals surface area contributed by atoms with E-state index in [0.29, 0.717) is 24.5 Å². The Balaban J connectivity index is 2.77. The zero-order valence-corrected chi connectivity index (χ0v) is 13.4. The first-order chi connectivity index (χ1) is 9.96. The van der Waals surface area contributed by atoms with Crippen molar-refractivity contribution in [1.29, 1.82) is 0 Å². The second-order valence-electron chi connectivity index (χ2n) is 5.09. The van der Waals surface area contributed by atoms with Crippen molar-refractivity contribution in [3.63, 3.8) is 0 Å². The smallest absolute Gasteiger partial charge is 0.325 e. The number of hydrogen-bond donors (Lipinski definition) is 1. The second kappa shape index (κ2) is 7.88. The maximum Gasteiger partial charge on any atom is 0.325 e. The van der Waals surface area contributed by atoms with Crippen LogP contribution in [0.5, 0.6) is 11.5 Å². The fraction of sp³-hybridized carbons (Fsp3) is 0.562. The Morgan fingerprint density at radius 3 is 2.48 bits per heavy atom. The van der Waals surface area contributed by atoms with E-state index in [-0.39, 0.29) is 12.1 Å². The van der Waals surface area contributed by atoms with Crippen LogP contribution >= 0.6 is 0 Å². The minimum absolute atomic E-state index is 0.178. The monoisotopic (exact) mass is 295 g/mol. The molecule has 2 atom stereocenters. The number of hydrogen-bond acceptors (Lipinski definition) is 5. The molecule has 118 valence electrons. The average molecular weight is 295 g/mol. The molecule has 1 aromatic carbocycles. The van der Waals surface area contributed by atoms with Gasteiger partial charge in [-0.1, -0.05) is 12.1 Å². The van der Waals surface area contributed by atoms with Gasteiger partial charge >= 0.3 is 5.97 Å². The predicted octanol–water partition coefficient (Wildman–Crippen LogP) is 2.39. The fourth-order valence-electron chi connectivity index (χ4n) is 2.17. The first-order valence-corrected chi connectivity index (χ1v) is 7.12. The molecule has 0 aromatic heterocycles. The highest BCUT2D eigenvalue weighted by Crippen LogP contribution is 2.29. The normalized spacial score (nSPS) is 14.9. The molecule has 0 saturated carbocycles. The van der Waals surface area contributed by atoms with Gasteiger partial charge in [0.1, 0.15) is 5.54 Å². The zero-order chi connectivity index (χ0) is 15.9. The number of nitrogens with one attached hydrogen (secondary N) is 1. The summed E-state index contributed by atoms with van der Waals surface area (Å²) < 4.78 is 16.3. The number of carbonyl (C=O) groups excluding carboxylic acids is 1. The van der Waals surface area contributed by atoms with Crippen molar-refractivity contribution in [3.05, 3.63) is 24.3 Å². The molecule has 0 aliphatic heterocycles. The Bertz CT molecular complexity index is 463. The number of likely N-dealkylation sites (N-methyl/N-ethyl adjacent to an activating group) is 1. The van der Waals surface area contributed by atoms with Crippen LogP contribution in [0.4, 0.5) is 0 Å². The van der Waals surface area contributed by atoms with Crippen molar-refractivity contribution in [2.24, 2.45) is 0 Å². The topological polar surface area (TPSA) is 56.8 Å². The molecule has 5 nitrogen and oxygen atoms in total. The van der Waals surface area contributed by atoms with Crippen LogP contribution in [0.25, 0.3) is 0 Å². The third-order valence-corrected chi connectivity index (χ3v) is 3.36. The summed E-state index contributed by atoms with van der Waals surface area (Å²) in [6, 6.07) is 7.51. The minimum Gasteiger partial charge on any atom is -0.490 e. The maximum absolute atomic E-state index is 11.9. The lowest BCUT2D eigenvalue weighted by Gasteiger charge is -2.29. The average Bonchev–Trinajstić information content (AvgIpc) is 2.48. The Labute approximate surface area is 126 Å². The quantitative estimate of drug-likeness (QED) is 0.746. The van der Waals surface area contributed by atoms with Gasteiger partial charge in [0.25, 0.3) is 0 Å². The van der Waals surface area contributed by atoms with Crippen LogP contribution in [-0.4, -0.2) is 38.4 Å². The molecule has 1 N–H and O–H groups in total. The van der Waals surface area contributed by atoms with Gasteiger partial charge in [0.05, 0.1) is 19.8 Å². The van der Waals surface area contributed by atoms with Crippen molar-refractivity contribution < 1.29 is 19.0 Å². The lowest BCUT2D eigenvalue weighted by Crippen LogP contribution is -2.50. The van der Waals surface area contributed by atoms with Gasteiger partial charge in [-0.15, -0.1) is 0 Å². The lowest BCUT2D eigenvalue weighted by molar-refractivity contribution is -0.148. The number of benzene rings is 1. The molecular weight excluding hydrogens is 270 g/mol. The van der Waals surface area contributed by atoms with E-state index in [0.717, 1.165) is 0 Å². The predicted molar refractivity (Wildman–Crippen MR) is 81.8 cm³/mol. The summed E-state index contributed by atoms with van der Waals surface area (Å²) in [6.45, 7) is 6.22. The number of ether oxygens (including phenoxy) is 3. The summed E-state index contributed by atoms with van der Waals surface area (Å²) >= 11 is 0. The Hall–Kier alpha value is -1.75. The first kappa shape index (κ1) is 17.3. The van der Waals surface area contributed by atoms with Gasteiger partial charge in [0.2, 0.25) is 0 Å². The summed E-state index contributed by atoms with van der Waals surface area (Å²) in [7, 11) is 3.12. The van der Waals surface area contributed by atoms with Gasteiger partial charge in [0, 0.05) is 6.42 Å². The van der Waals surface area contributed by atoms with Crippen LogP contribution in [-0.2, 0) is 9.53 Å². The molecular formula is C16H25NO4. The van der Waals surface area contributed by atoms with E-state index in [4.69, 9.17) is 14.2 Å².